The number of nitrogens with two attached hydrogens (primary N) is 1. The Labute approximate surface area is 95.7 Å². The number of hydrogen-bond acceptors (Lipinski definition) is 4. The van der Waals surface area contributed by atoms with Crippen LogP contribution in [-0.2, 0) is 4.74 Å². The highest BCUT2D eigenvalue weighted by Crippen LogP contribution is 2.29. The standard InChI is InChI=1S/C12H18N2O2/c1-15-11-4-8(13)3-9(5-11)14-10-6-12(7-10)16-2/h3-5,10,12,14H,6-7,13H2,1-2H3. The van der Waals surface area contributed by atoms with E-state index in [0.717, 1.165) is 24.3 Å². The van der Waals surface area contributed by atoms with Crippen molar-refractivity contribution in [2.75, 3.05) is 25.3 Å². The van der Waals surface area contributed by atoms with Crippen LogP contribution in [0.25, 0.3) is 0 Å². The lowest BCUT2D eigenvalue weighted by molar-refractivity contribution is 0.0329. The maximum Gasteiger partial charge on any atom is 0.122 e. The molecule has 88 valence electrons. The molecule has 4 heteroatoms. The Morgan fingerprint density at radius 1 is 1.25 bits per heavy atom. The molecular weight excluding hydrogens is 204 g/mol. The molecule has 0 unspecified atom stereocenters. The third-order valence-electron chi connectivity index (χ3n) is 2.96. The van der Waals surface area contributed by atoms with Gasteiger partial charge in [0.2, 0.25) is 0 Å². The molecule has 1 aromatic carbocycles. The zero-order chi connectivity index (χ0) is 11.5. The lowest BCUT2D eigenvalue weighted by atomic mass is 9.89. The van der Waals surface area contributed by atoms with Gasteiger partial charge in [-0.1, -0.05) is 0 Å². The zero-order valence-corrected chi connectivity index (χ0v) is 9.69. The Morgan fingerprint density at radius 3 is 2.62 bits per heavy atom. The molecule has 0 saturated heterocycles. The van der Waals surface area contributed by atoms with Gasteiger partial charge in [-0.15, -0.1) is 0 Å². The van der Waals surface area contributed by atoms with Gasteiger partial charge in [0.15, 0.2) is 0 Å². The van der Waals surface area contributed by atoms with Crippen molar-refractivity contribution in [1.29, 1.82) is 0 Å². The SMILES string of the molecule is COc1cc(N)cc(NC2CC(OC)C2)c1. The molecular formula is C12H18N2O2. The van der Waals surface area contributed by atoms with Crippen LogP contribution >= 0.6 is 0 Å². The van der Waals surface area contributed by atoms with E-state index < -0.39 is 0 Å². The number of ether oxygens (including phenoxy) is 2. The van der Waals surface area contributed by atoms with Crippen LogP contribution in [0.4, 0.5) is 11.4 Å². The summed E-state index contributed by atoms with van der Waals surface area (Å²) < 4.78 is 10.4. The molecule has 0 aliphatic heterocycles. The normalized spacial score (nSPS) is 23.6. The fourth-order valence-corrected chi connectivity index (χ4v) is 1.93. The molecule has 1 aromatic rings. The van der Waals surface area contributed by atoms with Crippen LogP contribution in [0.2, 0.25) is 0 Å². The Hall–Kier alpha value is -1.42. The number of methoxy groups -OCH3 is 2. The summed E-state index contributed by atoms with van der Waals surface area (Å²) in [4.78, 5) is 0. The number of benzene rings is 1. The van der Waals surface area contributed by atoms with Gasteiger partial charge in [-0.2, -0.15) is 0 Å². The third kappa shape index (κ3) is 2.39. The minimum Gasteiger partial charge on any atom is -0.497 e. The van der Waals surface area contributed by atoms with Gasteiger partial charge in [0, 0.05) is 36.7 Å². The van der Waals surface area contributed by atoms with Crippen LogP contribution in [0, 0.1) is 0 Å². The molecule has 1 aliphatic rings. The maximum absolute atomic E-state index is 5.78. The number of rotatable bonds is 4. The number of anilines is 2. The minimum absolute atomic E-state index is 0.403. The molecule has 0 atom stereocenters. The largest absolute Gasteiger partial charge is 0.497 e. The lowest BCUT2D eigenvalue weighted by Crippen LogP contribution is -2.40. The maximum atomic E-state index is 5.78. The molecule has 1 saturated carbocycles. The first-order valence-corrected chi connectivity index (χ1v) is 5.45. The number of hydrogen-bond donors (Lipinski definition) is 2. The summed E-state index contributed by atoms with van der Waals surface area (Å²) in [7, 11) is 3.40. The van der Waals surface area contributed by atoms with Crippen molar-refractivity contribution >= 4 is 11.4 Å². The van der Waals surface area contributed by atoms with Gasteiger partial charge in [0.25, 0.3) is 0 Å². The van der Waals surface area contributed by atoms with Gasteiger partial charge in [-0.25, -0.2) is 0 Å². The smallest absolute Gasteiger partial charge is 0.122 e. The summed E-state index contributed by atoms with van der Waals surface area (Å²) in [6, 6.07) is 6.17. The van der Waals surface area contributed by atoms with E-state index >= 15 is 0 Å². The van der Waals surface area contributed by atoms with Gasteiger partial charge in [-0.05, 0) is 18.9 Å². The molecule has 3 N–H and O–H groups in total. The molecule has 0 amide bonds. The second kappa shape index (κ2) is 4.61. The predicted octanol–water partition coefficient (Wildman–Crippen LogP) is 1.87. The first-order chi connectivity index (χ1) is 7.71. The van der Waals surface area contributed by atoms with E-state index in [-0.39, 0.29) is 0 Å². The van der Waals surface area contributed by atoms with E-state index in [4.69, 9.17) is 15.2 Å². The lowest BCUT2D eigenvalue weighted by Gasteiger charge is -2.35. The van der Waals surface area contributed by atoms with Crippen LogP contribution in [0.5, 0.6) is 5.75 Å². The van der Waals surface area contributed by atoms with E-state index in [2.05, 4.69) is 5.32 Å². The molecule has 2 rings (SSSR count). The second-order valence-electron chi connectivity index (χ2n) is 4.17. The molecule has 0 radical (unpaired) electrons. The Balaban J connectivity index is 1.97. The summed E-state index contributed by atoms with van der Waals surface area (Å²) in [6.07, 6.45) is 2.50. The van der Waals surface area contributed by atoms with Crippen molar-refractivity contribution in [2.24, 2.45) is 0 Å². The average Bonchev–Trinajstić information content (AvgIpc) is 2.22. The van der Waals surface area contributed by atoms with Crippen LogP contribution in [-0.4, -0.2) is 26.4 Å². The molecule has 0 spiro atoms. The van der Waals surface area contributed by atoms with E-state index in [1.807, 2.05) is 18.2 Å². The van der Waals surface area contributed by atoms with Crippen molar-refractivity contribution < 1.29 is 9.47 Å². The van der Waals surface area contributed by atoms with Gasteiger partial charge in [-0.3, -0.25) is 0 Å². The van der Waals surface area contributed by atoms with Gasteiger partial charge in [0.05, 0.1) is 13.2 Å². The topological polar surface area (TPSA) is 56.5 Å². The summed E-state index contributed by atoms with van der Waals surface area (Å²) >= 11 is 0. The van der Waals surface area contributed by atoms with Crippen molar-refractivity contribution in [3.05, 3.63) is 18.2 Å². The summed E-state index contributed by atoms with van der Waals surface area (Å²) in [5, 5.41) is 3.42. The van der Waals surface area contributed by atoms with Crippen molar-refractivity contribution in [3.8, 4) is 5.75 Å². The van der Waals surface area contributed by atoms with Crippen LogP contribution in [0.15, 0.2) is 18.2 Å². The quantitative estimate of drug-likeness (QED) is 0.763. The highest BCUT2D eigenvalue weighted by Gasteiger charge is 2.28. The van der Waals surface area contributed by atoms with Crippen LogP contribution < -0.4 is 15.8 Å². The van der Waals surface area contributed by atoms with Gasteiger partial charge >= 0.3 is 0 Å². The minimum atomic E-state index is 0.403. The summed E-state index contributed by atoms with van der Waals surface area (Å²) in [5.41, 5.74) is 7.50. The monoisotopic (exact) mass is 222 g/mol. The van der Waals surface area contributed by atoms with Gasteiger partial charge in [0.1, 0.15) is 5.75 Å². The van der Waals surface area contributed by atoms with E-state index in [1.54, 1.807) is 14.2 Å². The molecule has 1 fully saturated rings. The summed E-state index contributed by atoms with van der Waals surface area (Å²) in [5.74, 6) is 0.783. The van der Waals surface area contributed by atoms with Gasteiger partial charge < -0.3 is 20.5 Å². The van der Waals surface area contributed by atoms with Crippen molar-refractivity contribution in [1.82, 2.24) is 0 Å². The average molecular weight is 222 g/mol. The van der Waals surface area contributed by atoms with Crippen molar-refractivity contribution in [3.63, 3.8) is 0 Å². The van der Waals surface area contributed by atoms with Crippen LogP contribution in [0.1, 0.15) is 12.8 Å². The fraction of sp³-hybridized carbons (Fsp3) is 0.500. The summed E-state index contributed by atoms with van der Waals surface area (Å²) in [6.45, 7) is 0. The highest BCUT2D eigenvalue weighted by molar-refractivity contribution is 5.59. The Bertz CT molecular complexity index is 362. The zero-order valence-electron chi connectivity index (χ0n) is 9.69. The Morgan fingerprint density at radius 2 is 2.00 bits per heavy atom. The Kier molecular flexibility index (Phi) is 3.19. The molecule has 0 bridgehead atoms. The molecule has 16 heavy (non-hydrogen) atoms. The highest BCUT2D eigenvalue weighted by atomic mass is 16.5. The first kappa shape index (κ1) is 11.1. The molecule has 4 nitrogen and oxygen atoms in total. The molecule has 0 heterocycles. The van der Waals surface area contributed by atoms with E-state index in [9.17, 15) is 0 Å². The van der Waals surface area contributed by atoms with E-state index in [1.165, 1.54) is 0 Å². The third-order valence-corrected chi connectivity index (χ3v) is 2.96. The number of nitrogen functional groups attached to an aromatic ring is 1. The van der Waals surface area contributed by atoms with Crippen LogP contribution in [0.3, 0.4) is 0 Å². The van der Waals surface area contributed by atoms with Crippen molar-refractivity contribution in [2.45, 2.75) is 25.0 Å². The predicted molar refractivity (Wildman–Crippen MR) is 64.8 cm³/mol. The van der Waals surface area contributed by atoms with E-state index in [0.29, 0.717) is 17.8 Å². The molecule has 1 aliphatic carbocycles. The second-order valence-corrected chi connectivity index (χ2v) is 4.17. The molecule has 0 aromatic heterocycles. The fourth-order valence-electron chi connectivity index (χ4n) is 1.93. The first-order valence-electron chi connectivity index (χ1n) is 5.45. The number of nitrogens with one attached hydrogen (secondary N) is 1.